The molecule has 2 aromatic carbocycles. The third-order valence-corrected chi connectivity index (χ3v) is 7.31. The van der Waals surface area contributed by atoms with E-state index in [1.165, 1.54) is 61.7 Å². The number of benzene rings is 2. The Hall–Kier alpha value is -2.06. The van der Waals surface area contributed by atoms with E-state index in [1.807, 2.05) is 0 Å². The minimum absolute atomic E-state index is 0.172. The molecule has 3 aromatic rings. The van der Waals surface area contributed by atoms with Gasteiger partial charge in [-0.3, -0.25) is 4.90 Å². The Morgan fingerprint density at radius 1 is 1.04 bits per heavy atom. The first-order valence-electron chi connectivity index (χ1n) is 11.1. The highest BCUT2D eigenvalue weighted by atomic mass is 15.2. The Balaban J connectivity index is 1.64. The van der Waals surface area contributed by atoms with Crippen molar-refractivity contribution in [3.05, 3.63) is 71.4 Å². The normalized spacial score (nSPS) is 24.9. The van der Waals surface area contributed by atoms with E-state index in [0.29, 0.717) is 0 Å². The zero-order valence-electron chi connectivity index (χ0n) is 17.3. The second-order valence-corrected chi connectivity index (χ2v) is 9.08. The average molecular weight is 373 g/mol. The Kier molecular flexibility index (Phi) is 4.55. The highest BCUT2D eigenvalue weighted by molar-refractivity contribution is 5.86. The number of piperidine rings is 1. The topological polar surface area (TPSA) is 8.17 Å². The van der Waals surface area contributed by atoms with Gasteiger partial charge in [-0.25, -0.2) is 0 Å². The lowest BCUT2D eigenvalue weighted by atomic mass is 9.76. The van der Waals surface area contributed by atoms with E-state index in [1.54, 1.807) is 11.3 Å². The minimum atomic E-state index is 0.172. The van der Waals surface area contributed by atoms with E-state index >= 15 is 0 Å². The Labute approximate surface area is 169 Å². The molecule has 0 aliphatic carbocycles. The number of hydrogen-bond acceptors (Lipinski definition) is 1. The molecule has 0 unspecified atom stereocenters. The molecule has 3 heterocycles. The Morgan fingerprint density at radius 2 is 1.82 bits per heavy atom. The quantitative estimate of drug-likeness (QED) is 0.547. The fraction of sp³-hybridized carbons (Fsp3) is 0.462. The molecule has 0 spiro atoms. The largest absolute Gasteiger partial charge is 0.338 e. The van der Waals surface area contributed by atoms with Gasteiger partial charge in [0.05, 0.1) is 5.54 Å². The van der Waals surface area contributed by atoms with Crippen LogP contribution in [-0.4, -0.2) is 22.6 Å². The first kappa shape index (κ1) is 18.0. The second kappa shape index (κ2) is 7.08. The van der Waals surface area contributed by atoms with Gasteiger partial charge in [-0.1, -0.05) is 61.9 Å². The van der Waals surface area contributed by atoms with Gasteiger partial charge in [0.15, 0.2) is 0 Å². The van der Waals surface area contributed by atoms with Crippen LogP contribution in [-0.2, 0) is 18.5 Å². The molecule has 1 aromatic heterocycles. The maximum atomic E-state index is 2.82. The molecular formula is C26H32N2. The van der Waals surface area contributed by atoms with Crippen molar-refractivity contribution in [3.63, 3.8) is 0 Å². The predicted molar refractivity (Wildman–Crippen MR) is 118 cm³/mol. The third-order valence-electron chi connectivity index (χ3n) is 7.31. The summed E-state index contributed by atoms with van der Waals surface area (Å²) in [5.74, 6) is 0.881. The lowest BCUT2D eigenvalue weighted by Crippen LogP contribution is -2.54. The summed E-state index contributed by atoms with van der Waals surface area (Å²) in [6.45, 7) is 8.31. The molecule has 2 heteroatoms. The van der Waals surface area contributed by atoms with Gasteiger partial charge in [-0.15, -0.1) is 0 Å². The fourth-order valence-corrected chi connectivity index (χ4v) is 5.92. The standard InChI is InChI=1S/C26H32N2/c1-3-9-20-14-16-26(2)25-23(15-17-27(26)18-20)22-12-7-8-13-24(22)28(25)19-21-10-5-4-6-11-21/h4-8,10-13,20H,3,9,14-19H2,1-2H3/t20-,26+/m0/s1. The fourth-order valence-electron chi connectivity index (χ4n) is 5.92. The Morgan fingerprint density at radius 3 is 2.64 bits per heavy atom. The number of para-hydroxylation sites is 1. The third kappa shape index (κ3) is 2.81. The zero-order chi connectivity index (χ0) is 19.1. The van der Waals surface area contributed by atoms with E-state index in [2.05, 4.69) is 77.9 Å². The molecule has 2 aliphatic rings. The summed E-state index contributed by atoms with van der Waals surface area (Å²) < 4.78 is 2.65. The van der Waals surface area contributed by atoms with E-state index in [4.69, 9.17) is 0 Å². The number of aromatic nitrogens is 1. The molecule has 0 amide bonds. The van der Waals surface area contributed by atoms with Crippen LogP contribution in [0.15, 0.2) is 54.6 Å². The lowest BCUT2D eigenvalue weighted by molar-refractivity contribution is 0.0129. The molecule has 0 N–H and O–H groups in total. The van der Waals surface area contributed by atoms with Crippen LogP contribution in [0.1, 0.15) is 56.4 Å². The number of hydrogen-bond donors (Lipinski definition) is 0. The maximum Gasteiger partial charge on any atom is 0.0588 e. The zero-order valence-corrected chi connectivity index (χ0v) is 17.3. The van der Waals surface area contributed by atoms with Gasteiger partial charge in [0.2, 0.25) is 0 Å². The van der Waals surface area contributed by atoms with Gasteiger partial charge in [0.25, 0.3) is 0 Å². The van der Waals surface area contributed by atoms with Crippen LogP contribution < -0.4 is 0 Å². The highest BCUT2D eigenvalue weighted by Crippen LogP contribution is 2.47. The van der Waals surface area contributed by atoms with Gasteiger partial charge in [-0.05, 0) is 55.7 Å². The first-order chi connectivity index (χ1) is 13.7. The van der Waals surface area contributed by atoms with Crippen molar-refractivity contribution in [2.24, 2.45) is 5.92 Å². The molecule has 0 bridgehead atoms. The van der Waals surface area contributed by atoms with Crippen molar-refractivity contribution >= 4 is 10.9 Å². The summed E-state index contributed by atoms with van der Waals surface area (Å²) >= 11 is 0. The summed E-state index contributed by atoms with van der Waals surface area (Å²) in [5.41, 5.74) is 6.19. The number of nitrogens with zero attached hydrogens (tertiary/aromatic N) is 2. The smallest absolute Gasteiger partial charge is 0.0588 e. The number of rotatable bonds is 4. The van der Waals surface area contributed by atoms with Crippen molar-refractivity contribution in [2.45, 2.75) is 58.0 Å². The molecule has 146 valence electrons. The highest BCUT2D eigenvalue weighted by Gasteiger charge is 2.45. The van der Waals surface area contributed by atoms with Crippen LogP contribution in [0.25, 0.3) is 10.9 Å². The first-order valence-corrected chi connectivity index (χ1v) is 11.1. The Bertz CT molecular complexity index is 971. The van der Waals surface area contributed by atoms with Crippen LogP contribution in [0.4, 0.5) is 0 Å². The maximum absolute atomic E-state index is 2.82. The molecule has 1 fully saturated rings. The van der Waals surface area contributed by atoms with Crippen LogP contribution >= 0.6 is 0 Å². The van der Waals surface area contributed by atoms with Crippen LogP contribution in [0, 0.1) is 5.92 Å². The van der Waals surface area contributed by atoms with Crippen LogP contribution in [0.3, 0.4) is 0 Å². The molecule has 2 nitrogen and oxygen atoms in total. The van der Waals surface area contributed by atoms with E-state index in [0.717, 1.165) is 12.5 Å². The lowest BCUT2D eigenvalue weighted by Gasteiger charge is -2.51. The summed E-state index contributed by atoms with van der Waals surface area (Å²) in [4.78, 5) is 2.82. The SMILES string of the molecule is CCC[C@H]1CC[C@]2(C)c3c(c4ccccc4n3Cc3ccccc3)CCN2C1. The summed E-state index contributed by atoms with van der Waals surface area (Å²) in [6.07, 6.45) is 6.54. The van der Waals surface area contributed by atoms with Crippen LogP contribution in [0.2, 0.25) is 0 Å². The van der Waals surface area contributed by atoms with Gasteiger partial charge in [0, 0.05) is 36.2 Å². The monoisotopic (exact) mass is 372 g/mol. The average Bonchev–Trinajstić information content (AvgIpc) is 3.04. The van der Waals surface area contributed by atoms with Crippen molar-refractivity contribution in [2.75, 3.05) is 13.1 Å². The molecule has 0 saturated carbocycles. The molecule has 5 rings (SSSR count). The van der Waals surface area contributed by atoms with Crippen LogP contribution in [0.5, 0.6) is 0 Å². The van der Waals surface area contributed by atoms with Gasteiger partial charge in [-0.2, -0.15) is 0 Å². The van der Waals surface area contributed by atoms with Crippen molar-refractivity contribution < 1.29 is 0 Å². The molecule has 0 radical (unpaired) electrons. The van der Waals surface area contributed by atoms with Gasteiger partial charge >= 0.3 is 0 Å². The minimum Gasteiger partial charge on any atom is -0.338 e. The summed E-state index contributed by atoms with van der Waals surface area (Å²) in [6, 6.07) is 20.1. The number of fused-ring (bicyclic) bond motifs is 5. The van der Waals surface area contributed by atoms with Gasteiger partial charge < -0.3 is 4.57 Å². The second-order valence-electron chi connectivity index (χ2n) is 9.08. The molecular weight excluding hydrogens is 340 g/mol. The van der Waals surface area contributed by atoms with E-state index in [-0.39, 0.29) is 5.54 Å². The molecule has 28 heavy (non-hydrogen) atoms. The molecule has 2 atom stereocenters. The van der Waals surface area contributed by atoms with Crippen molar-refractivity contribution in [3.8, 4) is 0 Å². The van der Waals surface area contributed by atoms with Crippen molar-refractivity contribution in [1.29, 1.82) is 0 Å². The van der Waals surface area contributed by atoms with Gasteiger partial charge in [0.1, 0.15) is 0 Å². The van der Waals surface area contributed by atoms with E-state index < -0.39 is 0 Å². The molecule has 1 saturated heterocycles. The predicted octanol–water partition coefficient (Wildman–Crippen LogP) is 5.97. The molecule has 2 aliphatic heterocycles. The summed E-state index contributed by atoms with van der Waals surface area (Å²) in [5, 5.41) is 1.48. The summed E-state index contributed by atoms with van der Waals surface area (Å²) in [7, 11) is 0. The van der Waals surface area contributed by atoms with E-state index in [9.17, 15) is 0 Å². The van der Waals surface area contributed by atoms with Crippen molar-refractivity contribution in [1.82, 2.24) is 9.47 Å².